The first-order valence-corrected chi connectivity index (χ1v) is 7.28. The standard InChI is InChI=1S/C16H13BrFNO3/c1-10(15(20)19-14-8-4-12(17)5-9-14)22-16(21)11-2-6-13(18)7-3-11/h2-10H,1H3,(H,19,20)/t10-/m1/s1. The molecule has 6 heteroatoms. The highest BCUT2D eigenvalue weighted by molar-refractivity contribution is 9.10. The maximum Gasteiger partial charge on any atom is 0.338 e. The Labute approximate surface area is 135 Å². The fourth-order valence-electron chi connectivity index (χ4n) is 1.65. The van der Waals surface area contributed by atoms with Crippen LogP contribution in [0, 0.1) is 5.82 Å². The molecular formula is C16H13BrFNO3. The van der Waals surface area contributed by atoms with Gasteiger partial charge in [-0.3, -0.25) is 4.79 Å². The van der Waals surface area contributed by atoms with Gasteiger partial charge >= 0.3 is 5.97 Å². The third-order valence-corrected chi connectivity index (χ3v) is 3.37. The fraction of sp³-hybridized carbons (Fsp3) is 0.125. The molecule has 2 aromatic carbocycles. The second-order valence-corrected chi connectivity index (χ2v) is 5.47. The van der Waals surface area contributed by atoms with E-state index >= 15 is 0 Å². The summed E-state index contributed by atoms with van der Waals surface area (Å²) in [6, 6.07) is 11.9. The van der Waals surface area contributed by atoms with Crippen molar-refractivity contribution < 1.29 is 18.7 Å². The van der Waals surface area contributed by atoms with Crippen molar-refractivity contribution in [1.82, 2.24) is 0 Å². The number of rotatable bonds is 4. The predicted octanol–water partition coefficient (Wildman–Crippen LogP) is 3.77. The van der Waals surface area contributed by atoms with Gasteiger partial charge in [0, 0.05) is 10.2 Å². The number of esters is 1. The largest absolute Gasteiger partial charge is 0.449 e. The third kappa shape index (κ3) is 4.39. The van der Waals surface area contributed by atoms with Crippen LogP contribution in [0.15, 0.2) is 53.0 Å². The number of anilines is 1. The molecule has 0 heterocycles. The van der Waals surface area contributed by atoms with E-state index in [2.05, 4.69) is 21.2 Å². The summed E-state index contributed by atoms with van der Waals surface area (Å²) in [5.41, 5.74) is 0.780. The van der Waals surface area contributed by atoms with E-state index in [0.717, 1.165) is 16.6 Å². The lowest BCUT2D eigenvalue weighted by atomic mass is 10.2. The Balaban J connectivity index is 1.94. The van der Waals surface area contributed by atoms with Crippen LogP contribution in [0.3, 0.4) is 0 Å². The molecule has 0 unspecified atom stereocenters. The van der Waals surface area contributed by atoms with Crippen molar-refractivity contribution in [2.24, 2.45) is 0 Å². The van der Waals surface area contributed by atoms with Crippen LogP contribution in [0.25, 0.3) is 0 Å². The molecule has 114 valence electrons. The van der Waals surface area contributed by atoms with Crippen LogP contribution in [-0.4, -0.2) is 18.0 Å². The highest BCUT2D eigenvalue weighted by Crippen LogP contribution is 2.15. The zero-order valence-corrected chi connectivity index (χ0v) is 13.3. The van der Waals surface area contributed by atoms with Crippen molar-refractivity contribution in [3.8, 4) is 0 Å². The molecule has 0 saturated heterocycles. The second-order valence-electron chi connectivity index (χ2n) is 4.55. The van der Waals surface area contributed by atoms with Crippen LogP contribution in [-0.2, 0) is 9.53 Å². The number of carbonyl (C=O) groups excluding carboxylic acids is 2. The van der Waals surface area contributed by atoms with Gasteiger partial charge in [-0.1, -0.05) is 15.9 Å². The molecule has 1 atom stereocenters. The van der Waals surface area contributed by atoms with Crippen LogP contribution >= 0.6 is 15.9 Å². The number of ether oxygens (including phenoxy) is 1. The van der Waals surface area contributed by atoms with E-state index in [0.29, 0.717) is 5.69 Å². The average Bonchev–Trinajstić information content (AvgIpc) is 2.50. The monoisotopic (exact) mass is 365 g/mol. The summed E-state index contributed by atoms with van der Waals surface area (Å²) in [4.78, 5) is 23.8. The van der Waals surface area contributed by atoms with Crippen LogP contribution in [0.5, 0.6) is 0 Å². The molecular weight excluding hydrogens is 353 g/mol. The summed E-state index contributed by atoms with van der Waals surface area (Å²) in [5, 5.41) is 2.64. The lowest BCUT2D eigenvalue weighted by Crippen LogP contribution is -2.30. The Morgan fingerprint density at radius 3 is 2.27 bits per heavy atom. The van der Waals surface area contributed by atoms with Gasteiger partial charge in [0.15, 0.2) is 6.10 Å². The number of amides is 1. The molecule has 0 aliphatic rings. The Hall–Kier alpha value is -2.21. The molecule has 2 aromatic rings. The molecule has 1 amide bonds. The SMILES string of the molecule is C[C@@H](OC(=O)c1ccc(F)cc1)C(=O)Nc1ccc(Br)cc1. The number of nitrogens with one attached hydrogen (secondary N) is 1. The smallest absolute Gasteiger partial charge is 0.338 e. The first kappa shape index (κ1) is 16.2. The van der Waals surface area contributed by atoms with Crippen LogP contribution < -0.4 is 5.32 Å². The number of halogens is 2. The third-order valence-electron chi connectivity index (χ3n) is 2.84. The molecule has 0 radical (unpaired) electrons. The molecule has 1 N–H and O–H groups in total. The Morgan fingerprint density at radius 1 is 1.09 bits per heavy atom. The summed E-state index contributed by atoms with van der Waals surface area (Å²) in [7, 11) is 0. The van der Waals surface area contributed by atoms with Crippen LogP contribution in [0.1, 0.15) is 17.3 Å². The van der Waals surface area contributed by atoms with E-state index in [1.54, 1.807) is 24.3 Å². The van der Waals surface area contributed by atoms with Crippen molar-refractivity contribution in [3.63, 3.8) is 0 Å². The molecule has 0 aromatic heterocycles. The topological polar surface area (TPSA) is 55.4 Å². The molecule has 0 bridgehead atoms. The second kappa shape index (κ2) is 7.17. The Morgan fingerprint density at radius 2 is 1.68 bits per heavy atom. The van der Waals surface area contributed by atoms with Gasteiger partial charge in [-0.15, -0.1) is 0 Å². The molecule has 4 nitrogen and oxygen atoms in total. The van der Waals surface area contributed by atoms with Gasteiger partial charge in [-0.25, -0.2) is 9.18 Å². The van der Waals surface area contributed by atoms with Crippen molar-refractivity contribution in [1.29, 1.82) is 0 Å². The molecule has 0 aliphatic heterocycles. The number of hydrogen-bond acceptors (Lipinski definition) is 3. The maximum atomic E-state index is 12.8. The van der Waals surface area contributed by atoms with Gasteiger partial charge in [0.1, 0.15) is 5.82 Å². The minimum absolute atomic E-state index is 0.185. The van der Waals surface area contributed by atoms with Crippen molar-refractivity contribution >= 4 is 33.5 Å². The molecule has 0 spiro atoms. The quantitative estimate of drug-likeness (QED) is 0.839. The number of hydrogen-bond donors (Lipinski definition) is 1. The summed E-state index contributed by atoms with van der Waals surface area (Å²) < 4.78 is 18.7. The normalized spacial score (nSPS) is 11.6. The van der Waals surface area contributed by atoms with Gasteiger partial charge in [-0.05, 0) is 55.5 Å². The molecule has 0 fully saturated rings. The zero-order valence-electron chi connectivity index (χ0n) is 11.7. The van der Waals surface area contributed by atoms with E-state index in [9.17, 15) is 14.0 Å². The van der Waals surface area contributed by atoms with Crippen LogP contribution in [0.4, 0.5) is 10.1 Å². The van der Waals surface area contributed by atoms with Gasteiger partial charge in [0.2, 0.25) is 0 Å². The fourth-order valence-corrected chi connectivity index (χ4v) is 1.91. The van der Waals surface area contributed by atoms with E-state index in [4.69, 9.17) is 4.74 Å². The van der Waals surface area contributed by atoms with E-state index in [1.165, 1.54) is 19.1 Å². The molecule has 0 aliphatic carbocycles. The number of benzene rings is 2. The van der Waals surface area contributed by atoms with E-state index < -0.39 is 23.8 Å². The zero-order chi connectivity index (χ0) is 16.1. The summed E-state index contributed by atoms with van der Waals surface area (Å²) >= 11 is 3.30. The first-order chi connectivity index (χ1) is 10.5. The van der Waals surface area contributed by atoms with Crippen molar-refractivity contribution in [2.45, 2.75) is 13.0 Å². The van der Waals surface area contributed by atoms with E-state index in [-0.39, 0.29) is 5.56 Å². The van der Waals surface area contributed by atoms with Gasteiger partial charge < -0.3 is 10.1 Å². The summed E-state index contributed by atoms with van der Waals surface area (Å²) in [5.74, 6) is -1.58. The minimum atomic E-state index is -0.971. The number of carbonyl (C=O) groups is 2. The maximum absolute atomic E-state index is 12.8. The Kier molecular flexibility index (Phi) is 5.27. The molecule has 22 heavy (non-hydrogen) atoms. The Bertz CT molecular complexity index is 671. The van der Waals surface area contributed by atoms with Gasteiger partial charge in [-0.2, -0.15) is 0 Å². The molecule has 0 saturated carbocycles. The van der Waals surface area contributed by atoms with E-state index in [1.807, 2.05) is 0 Å². The van der Waals surface area contributed by atoms with Gasteiger partial charge in [0.25, 0.3) is 5.91 Å². The predicted molar refractivity (Wildman–Crippen MR) is 84.0 cm³/mol. The van der Waals surface area contributed by atoms with Crippen molar-refractivity contribution in [3.05, 3.63) is 64.4 Å². The molecule has 2 rings (SSSR count). The average molecular weight is 366 g/mol. The summed E-state index contributed by atoms with van der Waals surface area (Å²) in [6.07, 6.45) is -0.971. The minimum Gasteiger partial charge on any atom is -0.449 e. The summed E-state index contributed by atoms with van der Waals surface area (Å²) in [6.45, 7) is 1.47. The first-order valence-electron chi connectivity index (χ1n) is 6.48. The highest BCUT2D eigenvalue weighted by Gasteiger charge is 2.19. The van der Waals surface area contributed by atoms with Gasteiger partial charge in [0.05, 0.1) is 5.56 Å². The highest BCUT2D eigenvalue weighted by atomic mass is 79.9. The lowest BCUT2D eigenvalue weighted by Gasteiger charge is -2.13. The van der Waals surface area contributed by atoms with Crippen molar-refractivity contribution in [2.75, 3.05) is 5.32 Å². The lowest BCUT2D eigenvalue weighted by molar-refractivity contribution is -0.123. The van der Waals surface area contributed by atoms with Crippen LogP contribution in [0.2, 0.25) is 0 Å².